The molecule has 1 aromatic carbocycles. The number of carbonyl (C=O) groups is 2. The standard InChI is InChI=1S/C19H27N3O3/c1-13-6-5-7-15(13)20-19(24)21-16-12-14(8-9-17(16)25-2)18(23)22-10-3-4-11-22/h8-9,12-13,15H,3-7,10-11H2,1-2H3,(H2,20,21,24)/t13-,15-/m1/s1. The topological polar surface area (TPSA) is 70.7 Å². The zero-order valence-electron chi connectivity index (χ0n) is 15.0. The molecule has 1 aliphatic heterocycles. The van der Waals surface area contributed by atoms with Crippen molar-refractivity contribution in [1.82, 2.24) is 10.2 Å². The van der Waals surface area contributed by atoms with Crippen LogP contribution in [0.4, 0.5) is 10.5 Å². The maximum absolute atomic E-state index is 12.6. The van der Waals surface area contributed by atoms with Crippen LogP contribution in [0.1, 0.15) is 49.4 Å². The summed E-state index contributed by atoms with van der Waals surface area (Å²) in [7, 11) is 1.55. The minimum atomic E-state index is -0.247. The first kappa shape index (κ1) is 17.6. The lowest BCUT2D eigenvalue weighted by Crippen LogP contribution is -2.39. The summed E-state index contributed by atoms with van der Waals surface area (Å²) in [4.78, 5) is 26.8. The summed E-state index contributed by atoms with van der Waals surface area (Å²) in [5, 5.41) is 5.88. The molecule has 2 aliphatic rings. The molecule has 2 fully saturated rings. The van der Waals surface area contributed by atoms with Gasteiger partial charge in [-0.3, -0.25) is 4.79 Å². The van der Waals surface area contributed by atoms with Crippen molar-refractivity contribution in [3.05, 3.63) is 23.8 Å². The molecule has 3 rings (SSSR count). The monoisotopic (exact) mass is 345 g/mol. The van der Waals surface area contributed by atoms with E-state index >= 15 is 0 Å². The largest absolute Gasteiger partial charge is 0.495 e. The summed E-state index contributed by atoms with van der Waals surface area (Å²) in [6.45, 7) is 3.76. The molecule has 1 aliphatic carbocycles. The van der Waals surface area contributed by atoms with Gasteiger partial charge in [0.1, 0.15) is 5.75 Å². The minimum absolute atomic E-state index is 0.00743. The molecule has 1 aromatic rings. The predicted octanol–water partition coefficient (Wildman–Crippen LogP) is 3.24. The Morgan fingerprint density at radius 3 is 2.56 bits per heavy atom. The van der Waals surface area contributed by atoms with E-state index in [1.165, 1.54) is 0 Å². The van der Waals surface area contributed by atoms with Crippen LogP contribution in [0.2, 0.25) is 0 Å². The van der Waals surface area contributed by atoms with Crippen LogP contribution < -0.4 is 15.4 Å². The number of benzene rings is 1. The molecule has 1 saturated carbocycles. The number of anilines is 1. The van der Waals surface area contributed by atoms with E-state index in [9.17, 15) is 9.59 Å². The first-order chi connectivity index (χ1) is 12.1. The van der Waals surface area contributed by atoms with Crippen molar-refractivity contribution in [1.29, 1.82) is 0 Å². The molecule has 136 valence electrons. The fourth-order valence-electron chi connectivity index (χ4n) is 3.73. The Hall–Kier alpha value is -2.24. The van der Waals surface area contributed by atoms with Crippen molar-refractivity contribution in [2.45, 2.75) is 45.1 Å². The van der Waals surface area contributed by atoms with Crippen LogP contribution in [0.15, 0.2) is 18.2 Å². The van der Waals surface area contributed by atoms with E-state index < -0.39 is 0 Å². The van der Waals surface area contributed by atoms with Crippen LogP contribution in [-0.4, -0.2) is 43.1 Å². The number of rotatable bonds is 4. The number of methoxy groups -OCH3 is 1. The van der Waals surface area contributed by atoms with Gasteiger partial charge < -0.3 is 20.3 Å². The van der Waals surface area contributed by atoms with Gasteiger partial charge in [0.2, 0.25) is 0 Å². The van der Waals surface area contributed by atoms with Gasteiger partial charge >= 0.3 is 6.03 Å². The predicted molar refractivity (Wildman–Crippen MR) is 97.1 cm³/mol. The number of ether oxygens (including phenoxy) is 1. The first-order valence-corrected chi connectivity index (χ1v) is 9.13. The third-order valence-corrected chi connectivity index (χ3v) is 5.27. The molecule has 0 bridgehead atoms. The lowest BCUT2D eigenvalue weighted by Gasteiger charge is -2.19. The molecule has 0 radical (unpaired) electrons. The van der Waals surface area contributed by atoms with Crippen molar-refractivity contribution in [3.8, 4) is 5.75 Å². The molecule has 3 amide bonds. The normalized spacial score (nSPS) is 22.7. The Balaban J connectivity index is 1.71. The summed E-state index contributed by atoms with van der Waals surface area (Å²) in [6, 6.07) is 5.15. The molecule has 1 heterocycles. The van der Waals surface area contributed by atoms with E-state index in [-0.39, 0.29) is 18.0 Å². The van der Waals surface area contributed by atoms with E-state index in [1.807, 2.05) is 4.90 Å². The van der Waals surface area contributed by atoms with E-state index in [0.29, 0.717) is 22.9 Å². The van der Waals surface area contributed by atoms with Crippen LogP contribution in [0.5, 0.6) is 5.75 Å². The molecule has 0 spiro atoms. The zero-order valence-corrected chi connectivity index (χ0v) is 15.0. The fourth-order valence-corrected chi connectivity index (χ4v) is 3.73. The van der Waals surface area contributed by atoms with Gasteiger partial charge in [-0.2, -0.15) is 0 Å². The van der Waals surface area contributed by atoms with Crippen molar-refractivity contribution in [2.75, 3.05) is 25.5 Å². The van der Waals surface area contributed by atoms with Gasteiger partial charge in [-0.25, -0.2) is 4.79 Å². The molecule has 25 heavy (non-hydrogen) atoms. The van der Waals surface area contributed by atoms with Gasteiger partial charge in [0.05, 0.1) is 12.8 Å². The Bertz CT molecular complexity index is 641. The minimum Gasteiger partial charge on any atom is -0.495 e. The second kappa shape index (κ2) is 7.76. The number of hydrogen-bond donors (Lipinski definition) is 2. The molecule has 6 heteroatoms. The van der Waals surface area contributed by atoms with E-state index in [0.717, 1.165) is 45.2 Å². The van der Waals surface area contributed by atoms with E-state index in [4.69, 9.17) is 4.74 Å². The number of hydrogen-bond acceptors (Lipinski definition) is 3. The van der Waals surface area contributed by atoms with E-state index in [1.54, 1.807) is 25.3 Å². The molecule has 6 nitrogen and oxygen atoms in total. The highest BCUT2D eigenvalue weighted by Crippen LogP contribution is 2.28. The molecule has 2 N–H and O–H groups in total. The number of nitrogens with one attached hydrogen (secondary N) is 2. The molecule has 1 saturated heterocycles. The summed E-state index contributed by atoms with van der Waals surface area (Å²) in [5.41, 5.74) is 1.10. The van der Waals surface area contributed by atoms with Crippen LogP contribution in [-0.2, 0) is 0 Å². The average Bonchev–Trinajstić information content (AvgIpc) is 3.27. The lowest BCUT2D eigenvalue weighted by molar-refractivity contribution is 0.0793. The summed E-state index contributed by atoms with van der Waals surface area (Å²) >= 11 is 0. The van der Waals surface area contributed by atoms with Crippen LogP contribution in [0, 0.1) is 5.92 Å². The molecule has 0 aromatic heterocycles. The lowest BCUT2D eigenvalue weighted by atomic mass is 10.1. The van der Waals surface area contributed by atoms with Crippen LogP contribution in [0.25, 0.3) is 0 Å². The average molecular weight is 345 g/mol. The summed E-state index contributed by atoms with van der Waals surface area (Å²) in [6.07, 6.45) is 5.41. The highest BCUT2D eigenvalue weighted by molar-refractivity contribution is 5.98. The smallest absolute Gasteiger partial charge is 0.319 e. The van der Waals surface area contributed by atoms with Gasteiger partial charge in [-0.1, -0.05) is 13.3 Å². The maximum Gasteiger partial charge on any atom is 0.319 e. The first-order valence-electron chi connectivity index (χ1n) is 9.13. The summed E-state index contributed by atoms with van der Waals surface area (Å²) < 4.78 is 5.33. The Labute approximate surface area is 148 Å². The maximum atomic E-state index is 12.6. The highest BCUT2D eigenvalue weighted by atomic mass is 16.5. The van der Waals surface area contributed by atoms with Crippen molar-refractivity contribution in [2.24, 2.45) is 5.92 Å². The van der Waals surface area contributed by atoms with E-state index in [2.05, 4.69) is 17.6 Å². The number of carbonyl (C=O) groups excluding carboxylic acids is 2. The SMILES string of the molecule is COc1ccc(C(=O)N2CCCC2)cc1NC(=O)N[C@@H]1CCC[C@H]1C. The summed E-state index contributed by atoms with van der Waals surface area (Å²) in [5.74, 6) is 1.05. The number of amides is 3. The number of urea groups is 1. The molecular formula is C19H27N3O3. The second-order valence-corrected chi connectivity index (χ2v) is 7.03. The Kier molecular flexibility index (Phi) is 5.46. The number of likely N-dealkylation sites (tertiary alicyclic amines) is 1. The van der Waals surface area contributed by atoms with Crippen LogP contribution >= 0.6 is 0 Å². The van der Waals surface area contributed by atoms with Gasteiger partial charge in [0.25, 0.3) is 5.91 Å². The number of nitrogens with zero attached hydrogens (tertiary/aromatic N) is 1. The van der Waals surface area contributed by atoms with Gasteiger partial charge in [-0.05, 0) is 49.8 Å². The molecule has 2 atom stereocenters. The zero-order chi connectivity index (χ0) is 17.8. The second-order valence-electron chi connectivity index (χ2n) is 7.03. The van der Waals surface area contributed by atoms with Crippen LogP contribution in [0.3, 0.4) is 0 Å². The van der Waals surface area contributed by atoms with Gasteiger partial charge in [-0.15, -0.1) is 0 Å². The van der Waals surface area contributed by atoms with Gasteiger partial charge in [0.15, 0.2) is 0 Å². The van der Waals surface area contributed by atoms with Gasteiger partial charge in [0, 0.05) is 24.7 Å². The van der Waals surface area contributed by atoms with Crippen molar-refractivity contribution in [3.63, 3.8) is 0 Å². The molecule has 0 unspecified atom stereocenters. The highest BCUT2D eigenvalue weighted by Gasteiger charge is 2.25. The van der Waals surface area contributed by atoms with Crippen molar-refractivity contribution < 1.29 is 14.3 Å². The third kappa shape index (κ3) is 4.06. The van der Waals surface area contributed by atoms with Crippen molar-refractivity contribution >= 4 is 17.6 Å². The Morgan fingerprint density at radius 1 is 1.16 bits per heavy atom. The molecular weight excluding hydrogens is 318 g/mol. The quantitative estimate of drug-likeness (QED) is 0.880. The Morgan fingerprint density at radius 2 is 1.92 bits per heavy atom. The fraction of sp³-hybridized carbons (Fsp3) is 0.579. The third-order valence-electron chi connectivity index (χ3n) is 5.27.